The largest absolute Gasteiger partial charge is 0.399 e. The normalized spacial score (nSPS) is 10.1. The van der Waals surface area contributed by atoms with Crippen LogP contribution in [-0.4, -0.2) is 19.8 Å². The first-order valence-electron chi connectivity index (χ1n) is 5.00. The summed E-state index contributed by atoms with van der Waals surface area (Å²) >= 11 is 0. The molecule has 1 aromatic carbocycles. The van der Waals surface area contributed by atoms with Gasteiger partial charge in [-0.25, -0.2) is 0 Å². The maximum absolute atomic E-state index is 5.57. The lowest BCUT2D eigenvalue weighted by atomic mass is 10.3. The van der Waals surface area contributed by atoms with Crippen molar-refractivity contribution < 1.29 is 4.74 Å². The number of hydrogen-bond acceptors (Lipinski definition) is 3. The molecule has 14 heavy (non-hydrogen) atoms. The number of benzene rings is 1. The highest BCUT2D eigenvalue weighted by atomic mass is 16.5. The van der Waals surface area contributed by atoms with Gasteiger partial charge >= 0.3 is 0 Å². The zero-order chi connectivity index (χ0) is 10.2. The molecule has 1 rings (SSSR count). The molecule has 78 valence electrons. The fourth-order valence-electron chi connectivity index (χ4n) is 1.15. The van der Waals surface area contributed by atoms with E-state index in [2.05, 4.69) is 5.32 Å². The minimum absolute atomic E-state index is 0.794. The van der Waals surface area contributed by atoms with E-state index in [4.69, 9.17) is 10.5 Å². The van der Waals surface area contributed by atoms with E-state index in [1.54, 1.807) is 0 Å². The first-order valence-corrected chi connectivity index (χ1v) is 5.00. The van der Waals surface area contributed by atoms with Gasteiger partial charge in [-0.15, -0.1) is 0 Å². The molecule has 0 aliphatic rings. The van der Waals surface area contributed by atoms with Gasteiger partial charge in [0.05, 0.1) is 0 Å². The monoisotopic (exact) mass is 194 g/mol. The fourth-order valence-corrected chi connectivity index (χ4v) is 1.15. The summed E-state index contributed by atoms with van der Waals surface area (Å²) in [6, 6.07) is 7.75. The zero-order valence-corrected chi connectivity index (χ0v) is 8.62. The third-order valence-electron chi connectivity index (χ3n) is 1.91. The van der Waals surface area contributed by atoms with Gasteiger partial charge in [0.1, 0.15) is 0 Å². The van der Waals surface area contributed by atoms with Gasteiger partial charge in [-0.05, 0) is 37.6 Å². The van der Waals surface area contributed by atoms with E-state index in [1.165, 1.54) is 0 Å². The second-order valence-corrected chi connectivity index (χ2v) is 3.10. The Kier molecular flexibility index (Phi) is 4.86. The summed E-state index contributed by atoms with van der Waals surface area (Å²) in [7, 11) is 0. The lowest BCUT2D eigenvalue weighted by Gasteiger charge is -2.06. The summed E-state index contributed by atoms with van der Waals surface area (Å²) in [5.41, 5.74) is 7.48. The van der Waals surface area contributed by atoms with Crippen molar-refractivity contribution in [2.75, 3.05) is 30.8 Å². The van der Waals surface area contributed by atoms with E-state index < -0.39 is 0 Å². The van der Waals surface area contributed by atoms with Crippen molar-refractivity contribution in [3.05, 3.63) is 24.3 Å². The predicted octanol–water partition coefficient (Wildman–Crippen LogP) is 2.11. The summed E-state index contributed by atoms with van der Waals surface area (Å²) in [6.45, 7) is 4.55. The number of hydrogen-bond donors (Lipinski definition) is 2. The Morgan fingerprint density at radius 2 is 2.00 bits per heavy atom. The molecule has 3 N–H and O–H groups in total. The van der Waals surface area contributed by atoms with Crippen LogP contribution in [0.2, 0.25) is 0 Å². The van der Waals surface area contributed by atoms with Crippen LogP contribution in [0.1, 0.15) is 13.3 Å². The van der Waals surface area contributed by atoms with Crippen molar-refractivity contribution >= 4 is 11.4 Å². The number of nitrogens with one attached hydrogen (secondary N) is 1. The highest BCUT2D eigenvalue weighted by Crippen LogP contribution is 2.09. The highest BCUT2D eigenvalue weighted by Gasteiger charge is 1.91. The van der Waals surface area contributed by atoms with Crippen LogP contribution < -0.4 is 11.1 Å². The van der Waals surface area contributed by atoms with Gasteiger partial charge < -0.3 is 15.8 Å². The number of anilines is 2. The molecule has 0 atom stereocenters. The van der Waals surface area contributed by atoms with Crippen molar-refractivity contribution in [2.45, 2.75) is 13.3 Å². The second kappa shape index (κ2) is 6.27. The average molecular weight is 194 g/mol. The Morgan fingerprint density at radius 1 is 1.29 bits per heavy atom. The Labute approximate surface area is 85.3 Å². The maximum atomic E-state index is 5.57. The smallest absolute Gasteiger partial charge is 0.0482 e. The molecular formula is C11H18N2O. The Balaban J connectivity index is 2.15. The van der Waals surface area contributed by atoms with Gasteiger partial charge in [0.25, 0.3) is 0 Å². The van der Waals surface area contributed by atoms with Crippen LogP contribution in [0.4, 0.5) is 11.4 Å². The van der Waals surface area contributed by atoms with Crippen LogP contribution in [0.3, 0.4) is 0 Å². The van der Waals surface area contributed by atoms with Crippen LogP contribution in [0, 0.1) is 0 Å². The molecule has 0 saturated carbocycles. The minimum Gasteiger partial charge on any atom is -0.399 e. The standard InChI is InChI=1S/C11H18N2O/c1-2-14-9-3-8-13-11-6-4-10(12)5-7-11/h4-7,13H,2-3,8-9,12H2,1H3. The van der Waals surface area contributed by atoms with Gasteiger partial charge in [0, 0.05) is 31.1 Å². The average Bonchev–Trinajstić information content (AvgIpc) is 2.21. The summed E-state index contributed by atoms with van der Waals surface area (Å²) in [4.78, 5) is 0. The molecule has 0 aliphatic carbocycles. The molecule has 3 nitrogen and oxygen atoms in total. The summed E-state index contributed by atoms with van der Waals surface area (Å²) in [5, 5.41) is 3.30. The Hall–Kier alpha value is -1.22. The second-order valence-electron chi connectivity index (χ2n) is 3.10. The van der Waals surface area contributed by atoms with E-state index in [0.717, 1.165) is 37.6 Å². The van der Waals surface area contributed by atoms with Crippen molar-refractivity contribution in [1.82, 2.24) is 0 Å². The van der Waals surface area contributed by atoms with E-state index in [-0.39, 0.29) is 0 Å². The van der Waals surface area contributed by atoms with Gasteiger partial charge in [-0.2, -0.15) is 0 Å². The molecule has 0 amide bonds. The van der Waals surface area contributed by atoms with Gasteiger partial charge in [0.15, 0.2) is 0 Å². The van der Waals surface area contributed by atoms with Crippen LogP contribution >= 0.6 is 0 Å². The molecule has 0 bridgehead atoms. The minimum atomic E-state index is 0.794. The quantitative estimate of drug-likeness (QED) is 0.538. The maximum Gasteiger partial charge on any atom is 0.0482 e. The molecule has 0 aromatic heterocycles. The third kappa shape index (κ3) is 4.14. The van der Waals surface area contributed by atoms with E-state index >= 15 is 0 Å². The van der Waals surface area contributed by atoms with Crippen LogP contribution in [0.25, 0.3) is 0 Å². The van der Waals surface area contributed by atoms with Gasteiger partial charge in [-0.3, -0.25) is 0 Å². The van der Waals surface area contributed by atoms with Gasteiger partial charge in [0.2, 0.25) is 0 Å². The Bertz CT molecular complexity index is 246. The molecule has 0 unspecified atom stereocenters. The first kappa shape index (κ1) is 10.9. The summed E-state index contributed by atoms with van der Waals surface area (Å²) in [5.74, 6) is 0. The van der Waals surface area contributed by atoms with Crippen LogP contribution in [-0.2, 0) is 4.74 Å². The van der Waals surface area contributed by atoms with Crippen LogP contribution in [0.15, 0.2) is 24.3 Å². The molecule has 3 heteroatoms. The number of rotatable bonds is 6. The number of nitrogen functional groups attached to an aromatic ring is 1. The van der Waals surface area contributed by atoms with E-state index in [9.17, 15) is 0 Å². The molecule has 0 fully saturated rings. The van der Waals surface area contributed by atoms with Crippen molar-refractivity contribution in [2.24, 2.45) is 0 Å². The van der Waals surface area contributed by atoms with Crippen LogP contribution in [0.5, 0.6) is 0 Å². The zero-order valence-electron chi connectivity index (χ0n) is 8.62. The molecule has 0 heterocycles. The molecule has 0 radical (unpaired) electrons. The summed E-state index contributed by atoms with van der Waals surface area (Å²) in [6.07, 6.45) is 1.03. The first-order chi connectivity index (χ1) is 6.83. The lowest BCUT2D eigenvalue weighted by molar-refractivity contribution is 0.147. The van der Waals surface area contributed by atoms with Crippen molar-refractivity contribution in [3.8, 4) is 0 Å². The molecule has 0 saturated heterocycles. The van der Waals surface area contributed by atoms with Gasteiger partial charge in [-0.1, -0.05) is 0 Å². The predicted molar refractivity (Wildman–Crippen MR) is 60.5 cm³/mol. The summed E-state index contributed by atoms with van der Waals surface area (Å²) < 4.78 is 5.23. The van der Waals surface area contributed by atoms with E-state index in [0.29, 0.717) is 0 Å². The highest BCUT2D eigenvalue weighted by molar-refractivity contribution is 5.50. The lowest BCUT2D eigenvalue weighted by Crippen LogP contribution is -2.05. The fraction of sp³-hybridized carbons (Fsp3) is 0.455. The molecule has 0 spiro atoms. The SMILES string of the molecule is CCOCCCNc1ccc(N)cc1. The van der Waals surface area contributed by atoms with E-state index in [1.807, 2.05) is 31.2 Å². The third-order valence-corrected chi connectivity index (χ3v) is 1.91. The molecular weight excluding hydrogens is 176 g/mol. The topological polar surface area (TPSA) is 47.3 Å². The molecule has 1 aromatic rings. The number of nitrogens with two attached hydrogens (primary N) is 1. The van der Waals surface area contributed by atoms with Crippen molar-refractivity contribution in [1.29, 1.82) is 0 Å². The Morgan fingerprint density at radius 3 is 2.64 bits per heavy atom. The van der Waals surface area contributed by atoms with Crippen molar-refractivity contribution in [3.63, 3.8) is 0 Å². The molecule has 0 aliphatic heterocycles. The number of ether oxygens (including phenoxy) is 1.